The van der Waals surface area contributed by atoms with Crippen molar-refractivity contribution in [1.82, 2.24) is 5.43 Å². The van der Waals surface area contributed by atoms with E-state index in [1.165, 1.54) is 5.43 Å². The lowest BCUT2D eigenvalue weighted by molar-refractivity contribution is -0.220. The Morgan fingerprint density at radius 2 is 1.94 bits per heavy atom. The van der Waals surface area contributed by atoms with Crippen LogP contribution in [0.3, 0.4) is 0 Å². The van der Waals surface area contributed by atoms with Crippen molar-refractivity contribution in [2.24, 2.45) is 17.2 Å². The van der Waals surface area contributed by atoms with Gasteiger partial charge in [-0.2, -0.15) is 13.2 Å². The van der Waals surface area contributed by atoms with E-state index in [4.69, 9.17) is 10.9 Å². The second-order valence-corrected chi connectivity index (χ2v) is 3.40. The Morgan fingerprint density at radius 3 is 2.35 bits per heavy atom. The molecule has 0 saturated heterocycles. The molecular weight excluding hydrogens is 241 g/mol. The summed E-state index contributed by atoms with van der Waals surface area (Å²) in [5.41, 5.74) is -1.82. The second kappa shape index (κ2) is 4.21. The molecule has 1 rings (SSSR count). The zero-order valence-electron chi connectivity index (χ0n) is 8.36. The van der Waals surface area contributed by atoms with Crippen LogP contribution in [0.2, 0.25) is 0 Å². The number of aliphatic carboxylic acids is 1. The van der Waals surface area contributed by atoms with E-state index in [9.17, 15) is 22.8 Å². The lowest BCUT2D eigenvalue weighted by atomic mass is 9.71. The van der Waals surface area contributed by atoms with Crippen LogP contribution in [0.25, 0.3) is 0 Å². The smallest absolute Gasteiger partial charge is 0.407 e. The van der Waals surface area contributed by atoms with Gasteiger partial charge in [-0.15, -0.1) is 0 Å². The first-order valence-electron chi connectivity index (χ1n) is 4.44. The molecule has 1 amide bonds. The number of rotatable bonds is 2. The van der Waals surface area contributed by atoms with E-state index in [0.717, 1.165) is 18.2 Å². The van der Waals surface area contributed by atoms with Gasteiger partial charge in [0, 0.05) is 0 Å². The lowest BCUT2D eigenvalue weighted by Crippen LogP contribution is -2.57. The van der Waals surface area contributed by atoms with E-state index in [2.05, 4.69) is 0 Å². The summed E-state index contributed by atoms with van der Waals surface area (Å²) in [6, 6.07) is 0. The largest absolute Gasteiger partial charge is 0.481 e. The molecule has 0 spiro atoms. The van der Waals surface area contributed by atoms with Gasteiger partial charge in [0.1, 0.15) is 5.92 Å². The second-order valence-electron chi connectivity index (χ2n) is 3.40. The molecule has 8 heteroatoms. The highest BCUT2D eigenvalue weighted by Gasteiger charge is 2.65. The van der Waals surface area contributed by atoms with Crippen LogP contribution in [0.15, 0.2) is 24.3 Å². The lowest BCUT2D eigenvalue weighted by Gasteiger charge is -2.35. The Hall–Kier alpha value is -1.83. The Balaban J connectivity index is 3.41. The summed E-state index contributed by atoms with van der Waals surface area (Å²) in [5, 5.41) is 8.78. The number of allylic oxidation sites excluding steroid dienone is 2. The molecule has 0 aromatic rings. The number of carboxylic acid groups (broad SMARTS) is 1. The predicted octanol–water partition coefficient (Wildman–Crippen LogP) is 0.352. The van der Waals surface area contributed by atoms with Gasteiger partial charge in [-0.1, -0.05) is 24.3 Å². The number of halogens is 3. The van der Waals surface area contributed by atoms with E-state index in [0.29, 0.717) is 6.08 Å². The fraction of sp³-hybridized carbons (Fsp3) is 0.333. The molecule has 0 aromatic heterocycles. The summed E-state index contributed by atoms with van der Waals surface area (Å²) in [6.45, 7) is 0. The van der Waals surface area contributed by atoms with Crippen molar-refractivity contribution in [3.63, 3.8) is 0 Å². The topological polar surface area (TPSA) is 92.4 Å². The maximum Gasteiger partial charge on any atom is 0.407 e. The minimum absolute atomic E-state index is 0.494. The quantitative estimate of drug-likeness (QED) is 0.374. The van der Waals surface area contributed by atoms with E-state index < -0.39 is 29.4 Å². The number of alkyl halides is 3. The van der Waals surface area contributed by atoms with Crippen molar-refractivity contribution in [3.8, 4) is 0 Å². The molecule has 0 bridgehead atoms. The van der Waals surface area contributed by atoms with E-state index in [1.807, 2.05) is 0 Å². The van der Waals surface area contributed by atoms with E-state index >= 15 is 0 Å². The Bertz CT molecular complexity index is 403. The number of hydrogen-bond donors (Lipinski definition) is 3. The Labute approximate surface area is 93.7 Å². The van der Waals surface area contributed by atoms with Crippen LogP contribution in [0.1, 0.15) is 0 Å². The third-order valence-electron chi connectivity index (χ3n) is 2.51. The van der Waals surface area contributed by atoms with Gasteiger partial charge in [0.25, 0.3) is 5.91 Å². The SMILES string of the molecule is NNC(=O)[C@]1(C(F)(F)F)C=CC=C[C@H]1C(=O)O. The van der Waals surface area contributed by atoms with Crippen molar-refractivity contribution < 1.29 is 27.9 Å². The fourth-order valence-electron chi connectivity index (χ4n) is 1.65. The monoisotopic (exact) mass is 250 g/mol. The summed E-state index contributed by atoms with van der Waals surface area (Å²) in [4.78, 5) is 22.2. The molecule has 1 aliphatic rings. The van der Waals surface area contributed by atoms with E-state index in [1.54, 1.807) is 0 Å². The standard InChI is InChI=1S/C9H9F3N2O3/c10-9(11,12)8(7(17)14-13)4-2-1-3-5(8)6(15)16/h1-5H,13H2,(H,14,17)(H,15,16)/t5-,8-/m0/s1. The van der Waals surface area contributed by atoms with Gasteiger partial charge in [-0.3, -0.25) is 15.0 Å². The highest BCUT2D eigenvalue weighted by atomic mass is 19.4. The molecule has 0 aromatic carbocycles. The van der Waals surface area contributed by atoms with Gasteiger partial charge in [0.15, 0.2) is 5.41 Å². The van der Waals surface area contributed by atoms with Crippen LogP contribution in [0, 0.1) is 11.3 Å². The molecule has 0 saturated carbocycles. The van der Waals surface area contributed by atoms with E-state index in [-0.39, 0.29) is 0 Å². The normalized spacial score (nSPS) is 27.9. The number of hydrogen-bond acceptors (Lipinski definition) is 3. The first kappa shape index (κ1) is 13.2. The molecule has 0 unspecified atom stereocenters. The molecule has 0 heterocycles. The predicted molar refractivity (Wildman–Crippen MR) is 50.2 cm³/mol. The Morgan fingerprint density at radius 1 is 1.35 bits per heavy atom. The summed E-state index contributed by atoms with van der Waals surface area (Å²) in [7, 11) is 0. The summed E-state index contributed by atoms with van der Waals surface area (Å²) in [5.74, 6) is -0.719. The number of carbonyl (C=O) groups excluding carboxylic acids is 1. The first-order valence-corrected chi connectivity index (χ1v) is 4.44. The van der Waals surface area contributed by atoms with Gasteiger partial charge in [0.2, 0.25) is 0 Å². The molecule has 0 aliphatic heterocycles. The maximum atomic E-state index is 13.0. The van der Waals surface area contributed by atoms with Gasteiger partial charge in [-0.25, -0.2) is 5.84 Å². The van der Waals surface area contributed by atoms with Crippen molar-refractivity contribution >= 4 is 11.9 Å². The van der Waals surface area contributed by atoms with Crippen LogP contribution in [-0.4, -0.2) is 23.2 Å². The molecule has 94 valence electrons. The number of nitrogens with one attached hydrogen (secondary N) is 1. The van der Waals surface area contributed by atoms with Gasteiger partial charge in [0.05, 0.1) is 0 Å². The number of carbonyl (C=O) groups is 2. The van der Waals surface area contributed by atoms with Crippen LogP contribution in [-0.2, 0) is 9.59 Å². The zero-order valence-corrected chi connectivity index (χ0v) is 8.36. The van der Waals surface area contributed by atoms with Gasteiger partial charge in [-0.05, 0) is 0 Å². The first-order chi connectivity index (χ1) is 7.77. The molecule has 2 atom stereocenters. The molecule has 0 radical (unpaired) electrons. The molecule has 17 heavy (non-hydrogen) atoms. The Kier molecular flexibility index (Phi) is 3.28. The third-order valence-corrected chi connectivity index (χ3v) is 2.51. The molecule has 1 aliphatic carbocycles. The van der Waals surface area contributed by atoms with Gasteiger partial charge >= 0.3 is 12.1 Å². The van der Waals surface area contributed by atoms with Crippen molar-refractivity contribution in [1.29, 1.82) is 0 Å². The van der Waals surface area contributed by atoms with Crippen molar-refractivity contribution in [2.45, 2.75) is 6.18 Å². The number of carboxylic acids is 1. The van der Waals surface area contributed by atoms with Crippen molar-refractivity contribution in [2.75, 3.05) is 0 Å². The summed E-state index contributed by atoms with van der Waals surface area (Å²) >= 11 is 0. The minimum Gasteiger partial charge on any atom is -0.481 e. The molecule has 4 N–H and O–H groups in total. The zero-order chi connectivity index (χ0) is 13.3. The average molecular weight is 250 g/mol. The van der Waals surface area contributed by atoms with Gasteiger partial charge < -0.3 is 5.11 Å². The maximum absolute atomic E-state index is 13.0. The number of amides is 1. The minimum atomic E-state index is -5.07. The van der Waals surface area contributed by atoms with Crippen LogP contribution in [0.5, 0.6) is 0 Å². The molecule has 0 fully saturated rings. The fourth-order valence-corrected chi connectivity index (χ4v) is 1.65. The highest BCUT2D eigenvalue weighted by molar-refractivity contribution is 5.92. The molecular formula is C9H9F3N2O3. The summed E-state index contributed by atoms with van der Waals surface area (Å²) < 4.78 is 38.9. The number of nitrogens with two attached hydrogens (primary N) is 1. The van der Waals surface area contributed by atoms with Crippen LogP contribution < -0.4 is 11.3 Å². The van der Waals surface area contributed by atoms with Crippen molar-refractivity contribution in [3.05, 3.63) is 24.3 Å². The summed E-state index contributed by atoms with van der Waals surface area (Å²) in [6.07, 6.45) is -1.69. The average Bonchev–Trinajstić information content (AvgIpc) is 2.26. The van der Waals surface area contributed by atoms with Crippen LogP contribution >= 0.6 is 0 Å². The van der Waals surface area contributed by atoms with Crippen LogP contribution in [0.4, 0.5) is 13.2 Å². The molecule has 5 nitrogen and oxygen atoms in total. The third kappa shape index (κ3) is 1.91. The number of hydrazine groups is 1. The highest BCUT2D eigenvalue weighted by Crippen LogP contribution is 2.47.